The monoisotopic (exact) mass is 234 g/mol. The number of hydrogen-bond acceptors (Lipinski definition) is 3. The normalized spacial score (nSPS) is 17.8. The molecule has 0 radical (unpaired) electrons. The van der Waals surface area contributed by atoms with E-state index in [1.807, 2.05) is 24.3 Å². The van der Waals surface area contributed by atoms with Crippen LogP contribution in [0, 0.1) is 0 Å². The summed E-state index contributed by atoms with van der Waals surface area (Å²) in [6.07, 6.45) is 3.56. The molecule has 92 valence electrons. The zero-order valence-electron chi connectivity index (χ0n) is 10.0. The fraction of sp³-hybridized carbons (Fsp3) is 0.462. The Balaban J connectivity index is 2.12. The van der Waals surface area contributed by atoms with Crippen LogP contribution in [-0.4, -0.2) is 18.6 Å². The maximum atomic E-state index is 12.1. The minimum atomic E-state index is -0.707. The number of rotatable bonds is 3. The van der Waals surface area contributed by atoms with Crippen LogP contribution in [-0.2, 0) is 4.79 Å². The van der Waals surface area contributed by atoms with Crippen LogP contribution in [0.25, 0.3) is 0 Å². The van der Waals surface area contributed by atoms with Crippen molar-refractivity contribution < 1.29 is 9.53 Å². The van der Waals surface area contributed by atoms with E-state index in [0.29, 0.717) is 11.4 Å². The first-order chi connectivity index (χ1) is 8.15. The highest BCUT2D eigenvalue weighted by molar-refractivity contribution is 5.99. The van der Waals surface area contributed by atoms with Crippen molar-refractivity contribution in [1.29, 1.82) is 0 Å². The van der Waals surface area contributed by atoms with Crippen molar-refractivity contribution in [1.82, 2.24) is 0 Å². The van der Waals surface area contributed by atoms with E-state index in [-0.39, 0.29) is 5.91 Å². The molecule has 0 saturated heterocycles. The van der Waals surface area contributed by atoms with E-state index in [1.165, 1.54) is 0 Å². The van der Waals surface area contributed by atoms with Crippen molar-refractivity contribution in [2.75, 3.05) is 12.4 Å². The average Bonchev–Trinajstić information content (AvgIpc) is 2.78. The summed E-state index contributed by atoms with van der Waals surface area (Å²) in [6, 6.07) is 7.35. The molecule has 1 aromatic rings. The molecular formula is C13H18N2O2. The fourth-order valence-electron chi connectivity index (χ4n) is 2.23. The van der Waals surface area contributed by atoms with E-state index in [9.17, 15) is 4.79 Å². The van der Waals surface area contributed by atoms with Gasteiger partial charge >= 0.3 is 0 Å². The number of methoxy groups -OCH3 is 1. The van der Waals surface area contributed by atoms with Crippen LogP contribution >= 0.6 is 0 Å². The minimum Gasteiger partial charge on any atom is -0.495 e. The standard InChI is InChI=1S/C13H18N2O2/c1-17-11-7-3-2-6-10(11)15-12(16)13(14)8-4-5-9-13/h2-3,6-7H,4-5,8-9,14H2,1H3,(H,15,16). The van der Waals surface area contributed by atoms with Gasteiger partial charge in [0.05, 0.1) is 18.3 Å². The molecule has 0 bridgehead atoms. The van der Waals surface area contributed by atoms with Crippen molar-refractivity contribution in [3.8, 4) is 5.75 Å². The van der Waals surface area contributed by atoms with Crippen LogP contribution in [0.3, 0.4) is 0 Å². The van der Waals surface area contributed by atoms with Crippen molar-refractivity contribution in [3.05, 3.63) is 24.3 Å². The number of para-hydroxylation sites is 2. The summed E-state index contributed by atoms with van der Waals surface area (Å²) < 4.78 is 5.19. The van der Waals surface area contributed by atoms with Crippen molar-refractivity contribution in [3.63, 3.8) is 0 Å². The van der Waals surface area contributed by atoms with Gasteiger partial charge in [0.1, 0.15) is 5.75 Å². The molecule has 2 rings (SSSR count). The van der Waals surface area contributed by atoms with Gasteiger partial charge in [-0.15, -0.1) is 0 Å². The Hall–Kier alpha value is -1.55. The molecule has 0 unspecified atom stereocenters. The van der Waals surface area contributed by atoms with Gasteiger partial charge in [-0.25, -0.2) is 0 Å². The van der Waals surface area contributed by atoms with Crippen LogP contribution in [0.5, 0.6) is 5.75 Å². The summed E-state index contributed by atoms with van der Waals surface area (Å²) in [6.45, 7) is 0. The molecule has 3 N–H and O–H groups in total. The largest absolute Gasteiger partial charge is 0.495 e. The summed E-state index contributed by atoms with van der Waals surface area (Å²) in [5.74, 6) is 0.543. The smallest absolute Gasteiger partial charge is 0.244 e. The van der Waals surface area contributed by atoms with E-state index in [2.05, 4.69) is 5.32 Å². The highest BCUT2D eigenvalue weighted by Gasteiger charge is 2.37. The van der Waals surface area contributed by atoms with Gasteiger partial charge in [-0.3, -0.25) is 4.79 Å². The molecule has 4 heteroatoms. The van der Waals surface area contributed by atoms with Crippen LogP contribution in [0.1, 0.15) is 25.7 Å². The van der Waals surface area contributed by atoms with Crippen LogP contribution < -0.4 is 15.8 Å². The third-order valence-corrected chi connectivity index (χ3v) is 3.30. The first-order valence-electron chi connectivity index (χ1n) is 5.89. The van der Waals surface area contributed by atoms with Gasteiger partial charge in [0.2, 0.25) is 5.91 Å². The third kappa shape index (κ3) is 2.42. The van der Waals surface area contributed by atoms with Gasteiger partial charge in [-0.05, 0) is 25.0 Å². The molecule has 0 atom stereocenters. The first kappa shape index (κ1) is 11.9. The number of anilines is 1. The molecule has 1 amide bonds. The van der Waals surface area contributed by atoms with Crippen LogP contribution in [0.2, 0.25) is 0 Å². The molecule has 1 saturated carbocycles. The first-order valence-corrected chi connectivity index (χ1v) is 5.89. The Morgan fingerprint density at radius 2 is 2.00 bits per heavy atom. The van der Waals surface area contributed by atoms with Crippen LogP contribution in [0.15, 0.2) is 24.3 Å². The van der Waals surface area contributed by atoms with Gasteiger partial charge in [0, 0.05) is 0 Å². The van der Waals surface area contributed by atoms with Gasteiger partial charge in [0.25, 0.3) is 0 Å². The van der Waals surface area contributed by atoms with E-state index >= 15 is 0 Å². The molecule has 1 aliphatic carbocycles. The average molecular weight is 234 g/mol. The lowest BCUT2D eigenvalue weighted by Gasteiger charge is -2.22. The molecule has 1 aliphatic rings. The molecule has 0 aromatic heterocycles. The molecule has 17 heavy (non-hydrogen) atoms. The number of benzene rings is 1. The van der Waals surface area contributed by atoms with E-state index in [0.717, 1.165) is 25.7 Å². The number of amides is 1. The van der Waals surface area contributed by atoms with Gasteiger partial charge in [-0.1, -0.05) is 25.0 Å². The number of carbonyl (C=O) groups excluding carboxylic acids is 1. The lowest BCUT2D eigenvalue weighted by Crippen LogP contribution is -2.48. The van der Waals surface area contributed by atoms with E-state index in [4.69, 9.17) is 10.5 Å². The van der Waals surface area contributed by atoms with Crippen LogP contribution in [0.4, 0.5) is 5.69 Å². The SMILES string of the molecule is COc1ccccc1NC(=O)C1(N)CCCC1. The summed E-state index contributed by atoms with van der Waals surface area (Å²) in [5.41, 5.74) is 6.06. The van der Waals surface area contributed by atoms with E-state index in [1.54, 1.807) is 7.11 Å². The number of ether oxygens (including phenoxy) is 1. The number of nitrogens with one attached hydrogen (secondary N) is 1. The highest BCUT2D eigenvalue weighted by atomic mass is 16.5. The maximum absolute atomic E-state index is 12.1. The van der Waals surface area contributed by atoms with Gasteiger partial charge < -0.3 is 15.8 Å². The molecule has 4 nitrogen and oxygen atoms in total. The topological polar surface area (TPSA) is 64.3 Å². The van der Waals surface area contributed by atoms with Crippen molar-refractivity contribution in [2.24, 2.45) is 5.73 Å². The van der Waals surface area contributed by atoms with Gasteiger partial charge in [-0.2, -0.15) is 0 Å². The molecule has 0 heterocycles. The lowest BCUT2D eigenvalue weighted by atomic mass is 9.98. The van der Waals surface area contributed by atoms with E-state index < -0.39 is 5.54 Å². The Morgan fingerprint density at radius 3 is 2.65 bits per heavy atom. The summed E-state index contributed by atoms with van der Waals surface area (Å²) >= 11 is 0. The fourth-order valence-corrected chi connectivity index (χ4v) is 2.23. The number of nitrogens with two attached hydrogens (primary N) is 1. The highest BCUT2D eigenvalue weighted by Crippen LogP contribution is 2.30. The van der Waals surface area contributed by atoms with Crippen molar-refractivity contribution >= 4 is 11.6 Å². The Bertz CT molecular complexity index is 412. The Labute approximate surface area is 101 Å². The Morgan fingerprint density at radius 1 is 1.35 bits per heavy atom. The number of carbonyl (C=O) groups is 1. The molecule has 1 fully saturated rings. The Kier molecular flexibility index (Phi) is 3.33. The predicted octanol–water partition coefficient (Wildman–Crippen LogP) is 1.91. The zero-order chi connectivity index (χ0) is 12.3. The van der Waals surface area contributed by atoms with Gasteiger partial charge in [0.15, 0.2) is 0 Å². The zero-order valence-corrected chi connectivity index (χ0v) is 10.0. The summed E-state index contributed by atoms with van der Waals surface area (Å²) in [5, 5.41) is 2.85. The molecule has 0 spiro atoms. The maximum Gasteiger partial charge on any atom is 0.244 e. The molecule has 0 aliphatic heterocycles. The quantitative estimate of drug-likeness (QED) is 0.839. The second kappa shape index (κ2) is 4.75. The lowest BCUT2D eigenvalue weighted by molar-refractivity contribution is -0.121. The second-order valence-electron chi connectivity index (χ2n) is 4.52. The predicted molar refractivity (Wildman–Crippen MR) is 67.0 cm³/mol. The minimum absolute atomic E-state index is 0.112. The summed E-state index contributed by atoms with van der Waals surface area (Å²) in [4.78, 5) is 12.1. The number of hydrogen-bond donors (Lipinski definition) is 2. The molecular weight excluding hydrogens is 216 g/mol. The van der Waals surface area contributed by atoms with Crippen molar-refractivity contribution in [2.45, 2.75) is 31.2 Å². The third-order valence-electron chi connectivity index (χ3n) is 3.30. The second-order valence-corrected chi connectivity index (χ2v) is 4.52. The summed E-state index contributed by atoms with van der Waals surface area (Å²) in [7, 11) is 1.58. The molecule has 1 aromatic carbocycles.